The van der Waals surface area contributed by atoms with E-state index in [2.05, 4.69) is 20.4 Å². The summed E-state index contributed by atoms with van der Waals surface area (Å²) in [5.41, 5.74) is -0.912. The minimum atomic E-state index is -4.58. The molecule has 1 fully saturated rings. The minimum absolute atomic E-state index is 0.0627. The quantitative estimate of drug-likeness (QED) is 0.732. The summed E-state index contributed by atoms with van der Waals surface area (Å²) in [6.45, 7) is 7.34. The van der Waals surface area contributed by atoms with E-state index < -0.39 is 16.8 Å². The third kappa shape index (κ3) is 5.93. The molecule has 1 amide bonds. The minimum Gasteiger partial charge on any atom is -0.338 e. The molecule has 2 heterocycles. The zero-order valence-electron chi connectivity index (χ0n) is 16.7. The molecule has 2 aromatic rings. The molecular formula is C19H23ClF3N5O2. The maximum Gasteiger partial charge on any atom is 0.417 e. The molecule has 11 heteroatoms. The first-order valence-electron chi connectivity index (χ1n) is 9.55. The van der Waals surface area contributed by atoms with Gasteiger partial charge in [0.2, 0.25) is 11.8 Å². The SMILES string of the molecule is CC(C)c1noc(CN2CCN(CC(=O)Nc3ccc(Cl)c(C(F)(F)F)c3)CC2)n1. The molecule has 0 saturated carbocycles. The summed E-state index contributed by atoms with van der Waals surface area (Å²) >= 11 is 5.60. The van der Waals surface area contributed by atoms with Crippen LogP contribution in [0.3, 0.4) is 0 Å². The van der Waals surface area contributed by atoms with Gasteiger partial charge in [0.25, 0.3) is 0 Å². The highest BCUT2D eigenvalue weighted by atomic mass is 35.5. The molecule has 0 atom stereocenters. The zero-order valence-corrected chi connectivity index (χ0v) is 17.4. The van der Waals surface area contributed by atoms with Gasteiger partial charge in [-0.1, -0.05) is 30.6 Å². The number of benzene rings is 1. The molecule has 0 bridgehead atoms. The molecule has 1 saturated heterocycles. The van der Waals surface area contributed by atoms with Crippen LogP contribution >= 0.6 is 11.6 Å². The summed E-state index contributed by atoms with van der Waals surface area (Å²) in [6.07, 6.45) is -4.58. The summed E-state index contributed by atoms with van der Waals surface area (Å²) < 4.78 is 44.1. The largest absolute Gasteiger partial charge is 0.417 e. The predicted molar refractivity (Wildman–Crippen MR) is 105 cm³/mol. The number of aromatic nitrogens is 2. The maximum absolute atomic E-state index is 12.9. The summed E-state index contributed by atoms with van der Waals surface area (Å²) in [5.74, 6) is 1.06. The summed E-state index contributed by atoms with van der Waals surface area (Å²) in [7, 11) is 0. The Morgan fingerprint density at radius 1 is 1.23 bits per heavy atom. The molecule has 30 heavy (non-hydrogen) atoms. The fourth-order valence-electron chi connectivity index (χ4n) is 3.09. The average molecular weight is 446 g/mol. The highest BCUT2D eigenvalue weighted by Gasteiger charge is 2.33. The van der Waals surface area contributed by atoms with Gasteiger partial charge in [0.05, 0.1) is 23.7 Å². The number of hydrogen-bond acceptors (Lipinski definition) is 6. The van der Waals surface area contributed by atoms with E-state index in [0.717, 1.165) is 12.1 Å². The first-order valence-corrected chi connectivity index (χ1v) is 9.93. The molecule has 1 aliphatic heterocycles. The number of carbonyl (C=O) groups excluding carboxylic acids is 1. The first kappa shape index (κ1) is 22.5. The van der Waals surface area contributed by atoms with Crippen LogP contribution in [0.2, 0.25) is 5.02 Å². The van der Waals surface area contributed by atoms with Crippen molar-refractivity contribution in [1.29, 1.82) is 0 Å². The van der Waals surface area contributed by atoms with E-state index in [4.69, 9.17) is 16.1 Å². The molecule has 1 aromatic heterocycles. The van der Waals surface area contributed by atoms with Crippen molar-refractivity contribution in [1.82, 2.24) is 19.9 Å². The van der Waals surface area contributed by atoms with E-state index in [1.165, 1.54) is 6.07 Å². The summed E-state index contributed by atoms with van der Waals surface area (Å²) in [4.78, 5) is 20.7. The fourth-order valence-corrected chi connectivity index (χ4v) is 3.31. The van der Waals surface area contributed by atoms with Crippen LogP contribution in [0, 0.1) is 0 Å². The van der Waals surface area contributed by atoms with Crippen molar-refractivity contribution in [3.8, 4) is 0 Å². The number of nitrogens with zero attached hydrogens (tertiary/aromatic N) is 4. The number of hydrogen-bond donors (Lipinski definition) is 1. The Morgan fingerprint density at radius 2 is 1.90 bits per heavy atom. The molecular weight excluding hydrogens is 423 g/mol. The number of amides is 1. The van der Waals surface area contributed by atoms with Gasteiger partial charge in [0, 0.05) is 37.8 Å². The Bertz CT molecular complexity index is 879. The lowest BCUT2D eigenvalue weighted by atomic mass is 10.2. The van der Waals surface area contributed by atoms with Crippen LogP contribution in [-0.4, -0.2) is 58.6 Å². The number of halogens is 4. The third-order valence-electron chi connectivity index (χ3n) is 4.75. The van der Waals surface area contributed by atoms with Gasteiger partial charge in [-0.05, 0) is 18.2 Å². The van der Waals surface area contributed by atoms with Crippen molar-refractivity contribution in [3.63, 3.8) is 0 Å². The van der Waals surface area contributed by atoms with Crippen molar-refractivity contribution in [3.05, 3.63) is 40.5 Å². The highest BCUT2D eigenvalue weighted by molar-refractivity contribution is 6.31. The molecule has 0 unspecified atom stereocenters. The Morgan fingerprint density at radius 3 is 2.50 bits per heavy atom. The number of rotatable bonds is 6. The van der Waals surface area contributed by atoms with E-state index in [-0.39, 0.29) is 24.1 Å². The molecule has 1 aromatic carbocycles. The van der Waals surface area contributed by atoms with Gasteiger partial charge in [0.15, 0.2) is 5.82 Å². The summed E-state index contributed by atoms with van der Waals surface area (Å²) in [5, 5.41) is 6.05. The van der Waals surface area contributed by atoms with Crippen LogP contribution in [0.5, 0.6) is 0 Å². The van der Waals surface area contributed by atoms with Gasteiger partial charge >= 0.3 is 6.18 Å². The molecule has 0 aliphatic carbocycles. The van der Waals surface area contributed by atoms with E-state index in [0.29, 0.717) is 44.4 Å². The zero-order chi connectivity index (χ0) is 21.9. The lowest BCUT2D eigenvalue weighted by Gasteiger charge is -2.33. The number of anilines is 1. The van der Waals surface area contributed by atoms with Gasteiger partial charge in [-0.25, -0.2) is 0 Å². The second-order valence-electron chi connectivity index (χ2n) is 7.49. The Kier molecular flexibility index (Phi) is 6.99. The van der Waals surface area contributed by atoms with Gasteiger partial charge in [-0.15, -0.1) is 0 Å². The smallest absolute Gasteiger partial charge is 0.338 e. The van der Waals surface area contributed by atoms with Crippen molar-refractivity contribution >= 4 is 23.2 Å². The monoisotopic (exact) mass is 445 g/mol. The van der Waals surface area contributed by atoms with Crippen molar-refractivity contribution in [2.45, 2.75) is 32.5 Å². The average Bonchev–Trinajstić information content (AvgIpc) is 3.13. The van der Waals surface area contributed by atoms with Crippen LogP contribution in [0.1, 0.15) is 37.0 Å². The molecule has 1 aliphatic rings. The van der Waals surface area contributed by atoms with Crippen LogP contribution in [0.25, 0.3) is 0 Å². The standard InChI is InChI=1S/C19H23ClF3N5O2/c1-12(2)18-25-17(30-26-18)11-28-7-5-27(6-8-28)10-16(29)24-13-3-4-15(20)14(9-13)19(21,22)23/h3-4,9,12H,5-8,10-11H2,1-2H3,(H,24,29). The van der Waals surface area contributed by atoms with Crippen LogP contribution in [-0.2, 0) is 17.5 Å². The molecule has 1 N–H and O–H groups in total. The number of carbonyl (C=O) groups is 1. The third-order valence-corrected chi connectivity index (χ3v) is 5.08. The second-order valence-corrected chi connectivity index (χ2v) is 7.90. The Labute approximate surface area is 177 Å². The molecule has 0 spiro atoms. The second kappa shape index (κ2) is 9.32. The highest BCUT2D eigenvalue weighted by Crippen LogP contribution is 2.36. The van der Waals surface area contributed by atoms with Crippen LogP contribution in [0.4, 0.5) is 18.9 Å². The van der Waals surface area contributed by atoms with Gasteiger partial charge in [0.1, 0.15) is 0 Å². The van der Waals surface area contributed by atoms with E-state index in [9.17, 15) is 18.0 Å². The number of alkyl halides is 3. The van der Waals surface area contributed by atoms with Gasteiger partial charge < -0.3 is 9.84 Å². The number of nitrogens with one attached hydrogen (secondary N) is 1. The molecule has 164 valence electrons. The molecule has 7 nitrogen and oxygen atoms in total. The molecule has 0 radical (unpaired) electrons. The van der Waals surface area contributed by atoms with Gasteiger partial charge in [-0.3, -0.25) is 14.6 Å². The van der Waals surface area contributed by atoms with Crippen molar-refractivity contribution in [2.24, 2.45) is 0 Å². The van der Waals surface area contributed by atoms with E-state index in [1.807, 2.05) is 18.7 Å². The lowest BCUT2D eigenvalue weighted by molar-refractivity contribution is -0.137. The normalized spacial score (nSPS) is 16.2. The van der Waals surface area contributed by atoms with Gasteiger partial charge in [-0.2, -0.15) is 18.2 Å². The maximum atomic E-state index is 12.9. The topological polar surface area (TPSA) is 74.5 Å². The van der Waals surface area contributed by atoms with Crippen molar-refractivity contribution < 1.29 is 22.5 Å². The molecule has 3 rings (SSSR count). The van der Waals surface area contributed by atoms with E-state index >= 15 is 0 Å². The van der Waals surface area contributed by atoms with Crippen molar-refractivity contribution in [2.75, 3.05) is 38.0 Å². The Balaban J connectivity index is 1.47. The fraction of sp³-hybridized carbons (Fsp3) is 0.526. The first-order chi connectivity index (χ1) is 14.1. The van der Waals surface area contributed by atoms with Crippen LogP contribution < -0.4 is 5.32 Å². The Hall–Kier alpha value is -2.17. The van der Waals surface area contributed by atoms with E-state index in [1.54, 1.807) is 0 Å². The van der Waals surface area contributed by atoms with Crippen LogP contribution in [0.15, 0.2) is 22.7 Å². The summed E-state index contributed by atoms with van der Waals surface area (Å²) in [6, 6.07) is 3.32. The predicted octanol–water partition coefficient (Wildman–Crippen LogP) is 3.62. The lowest BCUT2D eigenvalue weighted by Crippen LogP contribution is -2.48. The number of piperazine rings is 1.